The van der Waals surface area contributed by atoms with E-state index in [1.807, 2.05) is 47.4 Å². The van der Waals surface area contributed by atoms with E-state index in [4.69, 9.17) is 4.52 Å². The van der Waals surface area contributed by atoms with Crippen molar-refractivity contribution in [2.45, 2.75) is 19.0 Å². The summed E-state index contributed by atoms with van der Waals surface area (Å²) in [5.41, 5.74) is 1.79. The molecule has 27 heavy (non-hydrogen) atoms. The van der Waals surface area contributed by atoms with Crippen molar-refractivity contribution >= 4 is 17.9 Å². The molecule has 1 unspecified atom stereocenters. The summed E-state index contributed by atoms with van der Waals surface area (Å²) in [5, 5.41) is 6.67. The van der Waals surface area contributed by atoms with E-state index in [9.17, 15) is 9.59 Å². The van der Waals surface area contributed by atoms with E-state index in [2.05, 4.69) is 10.5 Å². The van der Waals surface area contributed by atoms with Crippen LogP contribution < -0.4 is 5.32 Å². The van der Waals surface area contributed by atoms with Gasteiger partial charge in [-0.2, -0.15) is 0 Å². The minimum absolute atomic E-state index is 0.0995. The van der Waals surface area contributed by atoms with E-state index in [1.54, 1.807) is 18.0 Å². The lowest BCUT2D eigenvalue weighted by Gasteiger charge is -2.34. The minimum atomic E-state index is -0.466. The van der Waals surface area contributed by atoms with Gasteiger partial charge in [-0.05, 0) is 5.56 Å². The molecule has 0 radical (unpaired) electrons. The molecule has 1 aromatic heterocycles. The average Bonchev–Trinajstić information content (AvgIpc) is 3.18. The number of aromatic nitrogens is 1. The van der Waals surface area contributed by atoms with Crippen LogP contribution >= 0.6 is 0 Å². The van der Waals surface area contributed by atoms with Gasteiger partial charge >= 0.3 is 0 Å². The number of hydrogen-bond acceptors (Lipinski definition) is 5. The maximum Gasteiger partial charge on any atom is 0.237 e. The third kappa shape index (κ3) is 5.27. The second kappa shape index (κ2) is 9.14. The maximum absolute atomic E-state index is 12.6. The van der Waals surface area contributed by atoms with Crippen LogP contribution in [-0.2, 0) is 16.1 Å². The molecule has 2 aromatic rings. The number of rotatable bonds is 7. The number of piperazine rings is 1. The Hall–Kier alpha value is -2.93. The number of nitrogens with one attached hydrogen (secondary N) is 1. The van der Waals surface area contributed by atoms with Gasteiger partial charge in [0.2, 0.25) is 11.8 Å². The quantitative estimate of drug-likeness (QED) is 0.802. The van der Waals surface area contributed by atoms with Crippen LogP contribution in [0.15, 0.2) is 53.3 Å². The summed E-state index contributed by atoms with van der Waals surface area (Å²) in [4.78, 5) is 28.5. The molecule has 0 saturated carbocycles. The second-order valence-electron chi connectivity index (χ2n) is 6.56. The van der Waals surface area contributed by atoms with Gasteiger partial charge in [0.1, 0.15) is 12.0 Å². The molecule has 0 aliphatic carbocycles. The standard InChI is InChI=1S/C20H24N4O3/c1-23(15-17-9-13-27-22-17)19(25)14-18-20(26)21-10-12-24(18)11-5-8-16-6-3-2-4-7-16/h2-9,13,18H,10-12,14-15H2,1H3,(H,21,26)/b8-5+. The lowest BCUT2D eigenvalue weighted by molar-refractivity contribution is -0.138. The van der Waals surface area contributed by atoms with Crippen LogP contribution in [-0.4, -0.2) is 59.5 Å². The zero-order valence-corrected chi connectivity index (χ0v) is 15.4. The fraction of sp³-hybridized carbons (Fsp3) is 0.350. The van der Waals surface area contributed by atoms with Gasteiger partial charge in [-0.3, -0.25) is 14.5 Å². The summed E-state index contributed by atoms with van der Waals surface area (Å²) < 4.78 is 4.79. The molecule has 0 bridgehead atoms. The first-order valence-corrected chi connectivity index (χ1v) is 9.00. The first kappa shape index (κ1) is 18.8. The summed E-state index contributed by atoms with van der Waals surface area (Å²) >= 11 is 0. The van der Waals surface area contributed by atoms with Gasteiger partial charge in [0.25, 0.3) is 0 Å². The second-order valence-corrected chi connectivity index (χ2v) is 6.56. The molecule has 1 aliphatic rings. The third-order valence-electron chi connectivity index (χ3n) is 4.58. The van der Waals surface area contributed by atoms with Crippen molar-refractivity contribution in [3.8, 4) is 0 Å². The largest absolute Gasteiger partial charge is 0.364 e. The summed E-state index contributed by atoms with van der Waals surface area (Å²) in [6, 6.07) is 11.3. The van der Waals surface area contributed by atoms with Gasteiger partial charge in [-0.15, -0.1) is 0 Å². The number of benzene rings is 1. The highest BCUT2D eigenvalue weighted by molar-refractivity contribution is 5.88. The van der Waals surface area contributed by atoms with Crippen LogP contribution in [0, 0.1) is 0 Å². The molecular formula is C20H24N4O3. The molecule has 0 spiro atoms. The Labute approximate surface area is 158 Å². The van der Waals surface area contributed by atoms with E-state index in [1.165, 1.54) is 6.26 Å². The van der Waals surface area contributed by atoms with E-state index in [0.29, 0.717) is 25.3 Å². The monoisotopic (exact) mass is 368 g/mol. The normalized spacial score (nSPS) is 17.8. The van der Waals surface area contributed by atoms with Crippen molar-refractivity contribution in [2.75, 3.05) is 26.7 Å². The smallest absolute Gasteiger partial charge is 0.237 e. The first-order chi connectivity index (χ1) is 13.1. The van der Waals surface area contributed by atoms with Crippen molar-refractivity contribution in [3.05, 3.63) is 60.0 Å². The van der Waals surface area contributed by atoms with Crippen LogP contribution in [0.2, 0.25) is 0 Å². The average molecular weight is 368 g/mol. The Kier molecular flexibility index (Phi) is 6.38. The van der Waals surface area contributed by atoms with Crippen LogP contribution in [0.25, 0.3) is 6.08 Å². The Morgan fingerprint density at radius 3 is 2.93 bits per heavy atom. The molecule has 1 atom stereocenters. The molecule has 1 aliphatic heterocycles. The zero-order chi connectivity index (χ0) is 19.1. The van der Waals surface area contributed by atoms with Gasteiger partial charge < -0.3 is 14.7 Å². The van der Waals surface area contributed by atoms with Crippen molar-refractivity contribution in [1.82, 2.24) is 20.3 Å². The number of hydrogen-bond donors (Lipinski definition) is 1. The third-order valence-corrected chi connectivity index (χ3v) is 4.58. The highest BCUT2D eigenvalue weighted by Gasteiger charge is 2.31. The molecule has 7 heteroatoms. The molecule has 1 N–H and O–H groups in total. The molecule has 7 nitrogen and oxygen atoms in total. The highest BCUT2D eigenvalue weighted by Crippen LogP contribution is 2.12. The van der Waals surface area contributed by atoms with Gasteiger partial charge in [0.15, 0.2) is 0 Å². The van der Waals surface area contributed by atoms with Crippen LogP contribution in [0.3, 0.4) is 0 Å². The first-order valence-electron chi connectivity index (χ1n) is 9.00. The number of amides is 2. The number of nitrogens with zero attached hydrogens (tertiary/aromatic N) is 3. The van der Waals surface area contributed by atoms with Gasteiger partial charge in [-0.1, -0.05) is 47.6 Å². The Balaban J connectivity index is 1.59. The van der Waals surface area contributed by atoms with Crippen LogP contribution in [0.4, 0.5) is 0 Å². The van der Waals surface area contributed by atoms with E-state index in [0.717, 1.165) is 12.1 Å². The topological polar surface area (TPSA) is 78.7 Å². The Morgan fingerprint density at radius 1 is 1.37 bits per heavy atom. The predicted octanol–water partition coefficient (Wildman–Crippen LogP) is 1.54. The fourth-order valence-corrected chi connectivity index (χ4v) is 3.06. The summed E-state index contributed by atoms with van der Waals surface area (Å²) in [7, 11) is 1.71. The molecular weight excluding hydrogens is 344 g/mol. The maximum atomic E-state index is 12.6. The van der Waals surface area contributed by atoms with Crippen LogP contribution in [0.1, 0.15) is 17.7 Å². The molecule has 2 amide bonds. The number of carbonyl (C=O) groups excluding carboxylic acids is 2. The Morgan fingerprint density at radius 2 is 2.19 bits per heavy atom. The van der Waals surface area contributed by atoms with E-state index < -0.39 is 6.04 Å². The molecule has 1 aromatic carbocycles. The van der Waals surface area contributed by atoms with Gasteiger partial charge in [0.05, 0.1) is 19.0 Å². The van der Waals surface area contributed by atoms with Gasteiger partial charge in [0, 0.05) is 32.7 Å². The molecule has 142 valence electrons. The predicted molar refractivity (Wildman–Crippen MR) is 101 cm³/mol. The van der Waals surface area contributed by atoms with E-state index >= 15 is 0 Å². The Bertz CT molecular complexity index is 774. The summed E-state index contributed by atoms with van der Waals surface area (Å²) in [6.07, 6.45) is 5.68. The van der Waals surface area contributed by atoms with E-state index in [-0.39, 0.29) is 18.2 Å². The van der Waals surface area contributed by atoms with Crippen molar-refractivity contribution in [3.63, 3.8) is 0 Å². The van der Waals surface area contributed by atoms with Crippen LogP contribution in [0.5, 0.6) is 0 Å². The number of carbonyl (C=O) groups is 2. The highest BCUT2D eigenvalue weighted by atomic mass is 16.5. The summed E-state index contributed by atoms with van der Waals surface area (Å²) in [5.74, 6) is -0.199. The fourth-order valence-electron chi connectivity index (χ4n) is 3.06. The van der Waals surface area contributed by atoms with Crippen molar-refractivity contribution in [2.24, 2.45) is 0 Å². The van der Waals surface area contributed by atoms with Crippen molar-refractivity contribution in [1.29, 1.82) is 0 Å². The lowest BCUT2D eigenvalue weighted by Crippen LogP contribution is -2.56. The SMILES string of the molecule is CN(Cc1ccon1)C(=O)CC1C(=O)NCCN1C/C=C/c1ccccc1. The summed E-state index contributed by atoms with van der Waals surface area (Å²) in [6.45, 7) is 2.29. The van der Waals surface area contributed by atoms with Gasteiger partial charge in [-0.25, -0.2) is 0 Å². The zero-order valence-electron chi connectivity index (χ0n) is 15.4. The molecule has 3 rings (SSSR count). The molecule has 2 heterocycles. The lowest BCUT2D eigenvalue weighted by atomic mass is 10.1. The molecule has 1 fully saturated rings. The molecule has 1 saturated heterocycles. The van der Waals surface area contributed by atoms with Crippen molar-refractivity contribution < 1.29 is 14.1 Å². The minimum Gasteiger partial charge on any atom is -0.364 e.